The second-order valence-electron chi connectivity index (χ2n) is 10.2. The number of rotatable bonds is 6. The lowest BCUT2D eigenvalue weighted by atomic mass is 9.58. The van der Waals surface area contributed by atoms with Crippen LogP contribution in [0.5, 0.6) is 5.75 Å². The molecule has 2 saturated heterocycles. The summed E-state index contributed by atoms with van der Waals surface area (Å²) < 4.78 is 12.4. The number of benzene rings is 2. The number of methoxy groups -OCH3 is 1. The Labute approximate surface area is 185 Å². The number of hydrogen-bond donors (Lipinski definition) is 1. The molecule has 0 amide bonds. The van der Waals surface area contributed by atoms with Crippen molar-refractivity contribution in [3.63, 3.8) is 0 Å². The van der Waals surface area contributed by atoms with Crippen molar-refractivity contribution in [2.75, 3.05) is 26.8 Å². The Hall–Kier alpha value is -1.88. The van der Waals surface area contributed by atoms with Crippen LogP contribution >= 0.6 is 0 Å². The lowest BCUT2D eigenvalue weighted by Crippen LogP contribution is -2.68. The lowest BCUT2D eigenvalue weighted by molar-refractivity contribution is -0.138. The summed E-state index contributed by atoms with van der Waals surface area (Å²) in [5.41, 5.74) is 4.43. The van der Waals surface area contributed by atoms with Gasteiger partial charge in [-0.05, 0) is 73.4 Å². The van der Waals surface area contributed by atoms with Gasteiger partial charge in [-0.15, -0.1) is 0 Å². The molecule has 1 saturated carbocycles. The van der Waals surface area contributed by atoms with Crippen molar-refractivity contribution in [3.8, 4) is 5.75 Å². The highest BCUT2D eigenvalue weighted by atomic mass is 16.5. The Morgan fingerprint density at radius 2 is 2.03 bits per heavy atom. The Kier molecular flexibility index (Phi) is 5.05. The minimum absolute atomic E-state index is 0.0967. The van der Waals surface area contributed by atoms with Crippen LogP contribution in [0.25, 0.3) is 0 Å². The SMILES string of the molecule is COc1ccc2c(c1)[C@@]13CCN(CC4CC4)[C@@H](C2)C1OCC(NCc1ccccc1)C3. The van der Waals surface area contributed by atoms with Crippen LogP contribution < -0.4 is 10.1 Å². The Morgan fingerprint density at radius 1 is 1.16 bits per heavy atom. The molecule has 2 aromatic carbocycles. The molecule has 4 atom stereocenters. The van der Waals surface area contributed by atoms with Crippen LogP contribution in [0, 0.1) is 5.92 Å². The second kappa shape index (κ2) is 7.91. The van der Waals surface area contributed by atoms with Gasteiger partial charge in [-0.1, -0.05) is 36.4 Å². The zero-order chi connectivity index (χ0) is 20.8. The first-order valence-corrected chi connectivity index (χ1v) is 12.1. The topological polar surface area (TPSA) is 33.7 Å². The van der Waals surface area contributed by atoms with E-state index in [1.807, 2.05) is 0 Å². The van der Waals surface area contributed by atoms with E-state index >= 15 is 0 Å². The third kappa shape index (κ3) is 3.59. The summed E-state index contributed by atoms with van der Waals surface area (Å²) in [6, 6.07) is 18.4. The van der Waals surface area contributed by atoms with Gasteiger partial charge in [0.15, 0.2) is 0 Å². The standard InChI is InChI=1S/C27H34N2O2/c1-30-23-10-9-21-13-25-26-27(24(21)14-23,11-12-29(25)17-20-7-8-20)15-22(18-31-26)28-16-19-5-3-2-4-6-19/h2-6,9-10,14,20,22,25-26,28H,7-8,11-13,15-18H2,1H3/t22?,25-,26?,27-/m0/s1. The Morgan fingerprint density at radius 3 is 2.84 bits per heavy atom. The lowest BCUT2D eigenvalue weighted by Gasteiger charge is -2.59. The third-order valence-corrected chi connectivity index (χ3v) is 8.21. The van der Waals surface area contributed by atoms with Crippen molar-refractivity contribution in [3.05, 3.63) is 65.2 Å². The number of nitrogens with zero attached hydrogens (tertiary/aromatic N) is 1. The number of likely N-dealkylation sites (tertiary alicyclic amines) is 1. The van der Waals surface area contributed by atoms with Gasteiger partial charge in [0.25, 0.3) is 0 Å². The van der Waals surface area contributed by atoms with Crippen LogP contribution in [0.2, 0.25) is 0 Å². The van der Waals surface area contributed by atoms with Gasteiger partial charge in [0.1, 0.15) is 5.75 Å². The van der Waals surface area contributed by atoms with Crippen LogP contribution in [-0.2, 0) is 23.1 Å². The molecule has 4 aliphatic rings. The first kappa shape index (κ1) is 19.8. The number of ether oxygens (including phenoxy) is 2. The molecule has 3 fully saturated rings. The second-order valence-corrected chi connectivity index (χ2v) is 10.2. The molecule has 0 aromatic heterocycles. The van der Waals surface area contributed by atoms with Crippen molar-refractivity contribution in [2.24, 2.45) is 5.92 Å². The van der Waals surface area contributed by atoms with E-state index in [2.05, 4.69) is 58.7 Å². The molecule has 2 heterocycles. The maximum atomic E-state index is 6.76. The largest absolute Gasteiger partial charge is 0.497 e. The molecule has 0 spiro atoms. The molecular weight excluding hydrogens is 384 g/mol. The summed E-state index contributed by atoms with van der Waals surface area (Å²) in [6.07, 6.45) is 6.58. The van der Waals surface area contributed by atoms with E-state index in [0.29, 0.717) is 18.2 Å². The molecule has 1 N–H and O–H groups in total. The highest BCUT2D eigenvalue weighted by Crippen LogP contribution is 2.52. The van der Waals surface area contributed by atoms with Crippen LogP contribution in [0.3, 0.4) is 0 Å². The number of hydrogen-bond acceptors (Lipinski definition) is 4. The molecule has 2 aliphatic heterocycles. The van der Waals surface area contributed by atoms with Gasteiger partial charge in [-0.3, -0.25) is 4.90 Å². The summed E-state index contributed by atoms with van der Waals surface area (Å²) in [7, 11) is 1.78. The molecule has 2 aromatic rings. The van der Waals surface area contributed by atoms with Gasteiger partial charge < -0.3 is 14.8 Å². The van der Waals surface area contributed by atoms with Crippen LogP contribution in [0.4, 0.5) is 0 Å². The maximum Gasteiger partial charge on any atom is 0.119 e. The van der Waals surface area contributed by atoms with Crippen molar-refractivity contribution in [1.82, 2.24) is 10.2 Å². The zero-order valence-corrected chi connectivity index (χ0v) is 18.6. The fourth-order valence-electron chi connectivity index (χ4n) is 6.45. The predicted octanol–water partition coefficient (Wildman–Crippen LogP) is 3.92. The van der Waals surface area contributed by atoms with Crippen LogP contribution in [-0.4, -0.2) is 49.9 Å². The summed E-state index contributed by atoms with van der Waals surface area (Å²) >= 11 is 0. The first-order chi connectivity index (χ1) is 15.2. The van der Waals surface area contributed by atoms with Gasteiger partial charge in [0.2, 0.25) is 0 Å². The normalized spacial score (nSPS) is 32.2. The van der Waals surface area contributed by atoms with E-state index in [0.717, 1.165) is 37.7 Å². The van der Waals surface area contributed by atoms with Gasteiger partial charge in [0.05, 0.1) is 19.8 Å². The molecule has 2 unspecified atom stereocenters. The number of nitrogens with one attached hydrogen (secondary N) is 1. The molecule has 2 aliphatic carbocycles. The smallest absolute Gasteiger partial charge is 0.119 e. The number of piperidine rings is 1. The summed E-state index contributed by atoms with van der Waals surface area (Å²) in [5.74, 6) is 1.90. The van der Waals surface area contributed by atoms with E-state index in [1.165, 1.54) is 49.0 Å². The third-order valence-electron chi connectivity index (χ3n) is 8.21. The van der Waals surface area contributed by atoms with E-state index in [4.69, 9.17) is 9.47 Å². The quantitative estimate of drug-likeness (QED) is 0.771. The van der Waals surface area contributed by atoms with Gasteiger partial charge in [-0.25, -0.2) is 0 Å². The predicted molar refractivity (Wildman–Crippen MR) is 123 cm³/mol. The van der Waals surface area contributed by atoms with Crippen molar-refractivity contribution < 1.29 is 9.47 Å². The molecule has 2 bridgehead atoms. The van der Waals surface area contributed by atoms with E-state index in [-0.39, 0.29) is 5.41 Å². The molecule has 164 valence electrons. The minimum atomic E-state index is 0.0967. The van der Waals surface area contributed by atoms with Crippen molar-refractivity contribution in [1.29, 1.82) is 0 Å². The van der Waals surface area contributed by atoms with Crippen molar-refractivity contribution >= 4 is 0 Å². The first-order valence-electron chi connectivity index (χ1n) is 12.1. The van der Waals surface area contributed by atoms with E-state index in [9.17, 15) is 0 Å². The minimum Gasteiger partial charge on any atom is -0.497 e. The zero-order valence-electron chi connectivity index (χ0n) is 18.6. The van der Waals surface area contributed by atoms with Crippen LogP contribution in [0.1, 0.15) is 42.4 Å². The van der Waals surface area contributed by atoms with Gasteiger partial charge in [-0.2, -0.15) is 0 Å². The highest BCUT2D eigenvalue weighted by Gasteiger charge is 2.57. The van der Waals surface area contributed by atoms with Crippen molar-refractivity contribution in [2.45, 2.75) is 62.3 Å². The molecule has 4 heteroatoms. The molecule has 4 nitrogen and oxygen atoms in total. The summed E-state index contributed by atoms with van der Waals surface area (Å²) in [6.45, 7) is 4.18. The Bertz CT molecular complexity index is 928. The average molecular weight is 419 g/mol. The monoisotopic (exact) mass is 418 g/mol. The fraction of sp³-hybridized carbons (Fsp3) is 0.556. The van der Waals surface area contributed by atoms with Gasteiger partial charge >= 0.3 is 0 Å². The molecule has 6 rings (SSSR count). The maximum absolute atomic E-state index is 6.76. The average Bonchev–Trinajstić information content (AvgIpc) is 3.64. The molecule has 31 heavy (non-hydrogen) atoms. The molecule has 0 radical (unpaired) electrons. The highest BCUT2D eigenvalue weighted by molar-refractivity contribution is 5.46. The van der Waals surface area contributed by atoms with E-state index in [1.54, 1.807) is 7.11 Å². The Balaban J connectivity index is 1.30. The van der Waals surface area contributed by atoms with Gasteiger partial charge in [0, 0.05) is 30.6 Å². The number of fused-ring (bicyclic) bond motifs is 1. The van der Waals surface area contributed by atoms with Crippen LogP contribution in [0.15, 0.2) is 48.5 Å². The summed E-state index contributed by atoms with van der Waals surface area (Å²) in [5, 5.41) is 3.81. The fourth-order valence-corrected chi connectivity index (χ4v) is 6.45. The molecular formula is C27H34N2O2. The van der Waals surface area contributed by atoms with E-state index < -0.39 is 0 Å². The summed E-state index contributed by atoms with van der Waals surface area (Å²) in [4.78, 5) is 2.77.